The number of carbonyl (C=O) groups is 2. The van der Waals surface area contributed by atoms with Gasteiger partial charge in [0, 0.05) is 25.6 Å². The van der Waals surface area contributed by atoms with Gasteiger partial charge in [0.15, 0.2) is 5.69 Å². The Kier molecular flexibility index (Phi) is 6.18. The number of fused-ring (bicyclic) bond motifs is 1. The maximum Gasteiger partial charge on any atom is 0.274 e. The first-order valence-electron chi connectivity index (χ1n) is 10.8. The highest BCUT2D eigenvalue weighted by Crippen LogP contribution is 2.28. The first kappa shape index (κ1) is 20.6. The minimum atomic E-state index is -0.0634. The number of piperidine rings is 1. The number of benzene rings is 1. The Morgan fingerprint density at radius 2 is 1.93 bits per heavy atom. The monoisotopic (exact) mass is 410 g/mol. The second-order valence-corrected chi connectivity index (χ2v) is 8.61. The summed E-state index contributed by atoms with van der Waals surface area (Å²) in [4.78, 5) is 31.6. The van der Waals surface area contributed by atoms with Crippen LogP contribution in [0.1, 0.15) is 54.5 Å². The lowest BCUT2D eigenvalue weighted by molar-refractivity contribution is -0.126. The average molecular weight is 411 g/mol. The zero-order chi connectivity index (χ0) is 21.1. The van der Waals surface area contributed by atoms with Crippen LogP contribution in [-0.2, 0) is 22.7 Å². The van der Waals surface area contributed by atoms with Gasteiger partial charge in [-0.15, -0.1) is 0 Å². The molecule has 2 aliphatic heterocycles. The van der Waals surface area contributed by atoms with Crippen molar-refractivity contribution in [2.24, 2.45) is 11.8 Å². The second kappa shape index (κ2) is 9.00. The molecule has 1 aromatic carbocycles. The van der Waals surface area contributed by atoms with Gasteiger partial charge in [0.2, 0.25) is 5.91 Å². The number of rotatable bonds is 5. The standard InChI is InChI=1S/C23H30N4O3/c1-16(2)12-24-22(28)18-8-10-26(11-9-18)23(29)21-19-14-30-20(13-27(19)15-25-21)17-6-4-3-5-7-17/h3-7,15-16,18,20H,8-14H2,1-2H3,(H,24,28). The molecule has 2 aromatic rings. The van der Waals surface area contributed by atoms with E-state index >= 15 is 0 Å². The molecule has 7 heteroatoms. The third kappa shape index (κ3) is 4.41. The molecule has 30 heavy (non-hydrogen) atoms. The van der Waals surface area contributed by atoms with E-state index in [-0.39, 0.29) is 23.8 Å². The Bertz CT molecular complexity index is 885. The van der Waals surface area contributed by atoms with E-state index in [0.717, 1.165) is 11.3 Å². The van der Waals surface area contributed by atoms with E-state index in [0.29, 0.717) is 57.2 Å². The number of aromatic nitrogens is 2. The Hall–Kier alpha value is -2.67. The van der Waals surface area contributed by atoms with Crippen molar-refractivity contribution in [1.29, 1.82) is 0 Å². The molecule has 1 N–H and O–H groups in total. The van der Waals surface area contributed by atoms with Crippen molar-refractivity contribution >= 4 is 11.8 Å². The summed E-state index contributed by atoms with van der Waals surface area (Å²) in [7, 11) is 0. The molecule has 0 aliphatic carbocycles. The van der Waals surface area contributed by atoms with E-state index in [1.807, 2.05) is 27.7 Å². The molecule has 1 atom stereocenters. The average Bonchev–Trinajstić information content (AvgIpc) is 3.21. The van der Waals surface area contributed by atoms with Crippen LogP contribution in [0.3, 0.4) is 0 Å². The van der Waals surface area contributed by atoms with Crippen LogP contribution < -0.4 is 5.32 Å². The maximum atomic E-state index is 13.1. The summed E-state index contributed by atoms with van der Waals surface area (Å²) < 4.78 is 8.07. The number of nitrogens with one attached hydrogen (secondary N) is 1. The fourth-order valence-electron chi connectivity index (χ4n) is 4.12. The van der Waals surface area contributed by atoms with Crippen molar-refractivity contribution in [3.8, 4) is 0 Å². The molecular formula is C23H30N4O3. The summed E-state index contributed by atoms with van der Waals surface area (Å²) in [5.41, 5.74) is 2.44. The molecule has 1 aromatic heterocycles. The number of imidazole rings is 1. The zero-order valence-corrected chi connectivity index (χ0v) is 17.7. The summed E-state index contributed by atoms with van der Waals surface area (Å²) in [6.07, 6.45) is 3.10. The molecule has 7 nitrogen and oxygen atoms in total. The Labute approximate surface area is 177 Å². The normalized spacial score (nSPS) is 19.6. The van der Waals surface area contributed by atoms with Crippen LogP contribution in [0, 0.1) is 11.8 Å². The van der Waals surface area contributed by atoms with E-state index in [9.17, 15) is 9.59 Å². The van der Waals surface area contributed by atoms with E-state index in [4.69, 9.17) is 4.74 Å². The fraction of sp³-hybridized carbons (Fsp3) is 0.522. The van der Waals surface area contributed by atoms with E-state index in [1.165, 1.54) is 0 Å². The third-order valence-corrected chi connectivity index (χ3v) is 5.94. The number of ether oxygens (including phenoxy) is 1. The number of hydrogen-bond acceptors (Lipinski definition) is 4. The van der Waals surface area contributed by atoms with Crippen molar-refractivity contribution < 1.29 is 14.3 Å². The van der Waals surface area contributed by atoms with Gasteiger partial charge in [0.1, 0.15) is 6.10 Å². The molecular weight excluding hydrogens is 380 g/mol. The number of nitrogens with zero attached hydrogens (tertiary/aromatic N) is 3. The van der Waals surface area contributed by atoms with Crippen LogP contribution in [-0.4, -0.2) is 45.9 Å². The van der Waals surface area contributed by atoms with Crippen molar-refractivity contribution in [2.45, 2.75) is 45.9 Å². The number of carbonyl (C=O) groups excluding carboxylic acids is 2. The molecule has 1 unspecified atom stereocenters. The smallest absolute Gasteiger partial charge is 0.274 e. The lowest BCUT2D eigenvalue weighted by Crippen LogP contribution is -2.44. The van der Waals surface area contributed by atoms with Crippen molar-refractivity contribution in [3.63, 3.8) is 0 Å². The van der Waals surface area contributed by atoms with Gasteiger partial charge in [-0.1, -0.05) is 44.2 Å². The molecule has 0 bridgehead atoms. The number of amides is 2. The highest BCUT2D eigenvalue weighted by atomic mass is 16.5. The number of hydrogen-bond donors (Lipinski definition) is 1. The fourth-order valence-corrected chi connectivity index (χ4v) is 4.12. The topological polar surface area (TPSA) is 76.5 Å². The molecule has 0 saturated carbocycles. The first-order chi connectivity index (χ1) is 14.5. The maximum absolute atomic E-state index is 13.1. The SMILES string of the molecule is CC(C)CNC(=O)C1CCN(C(=O)c2ncn3c2COC(c2ccccc2)C3)CC1. The lowest BCUT2D eigenvalue weighted by atomic mass is 9.95. The largest absolute Gasteiger partial charge is 0.365 e. The summed E-state index contributed by atoms with van der Waals surface area (Å²) in [6, 6.07) is 10.1. The van der Waals surface area contributed by atoms with E-state index in [2.05, 4.69) is 36.3 Å². The number of likely N-dealkylation sites (tertiary alicyclic amines) is 1. The van der Waals surface area contributed by atoms with Crippen LogP contribution in [0.4, 0.5) is 0 Å². The van der Waals surface area contributed by atoms with Gasteiger partial charge in [-0.2, -0.15) is 0 Å². The van der Waals surface area contributed by atoms with Crippen LogP contribution in [0.15, 0.2) is 36.7 Å². The summed E-state index contributed by atoms with van der Waals surface area (Å²) in [6.45, 7) is 7.05. The van der Waals surface area contributed by atoms with Gasteiger partial charge in [0.25, 0.3) is 5.91 Å². The van der Waals surface area contributed by atoms with Gasteiger partial charge in [-0.3, -0.25) is 9.59 Å². The molecule has 1 fully saturated rings. The predicted octanol–water partition coefficient (Wildman–Crippen LogP) is 2.78. The van der Waals surface area contributed by atoms with Gasteiger partial charge < -0.3 is 19.5 Å². The quantitative estimate of drug-likeness (QED) is 0.822. The van der Waals surface area contributed by atoms with Gasteiger partial charge >= 0.3 is 0 Å². The summed E-state index contributed by atoms with van der Waals surface area (Å²) in [5.74, 6) is 0.465. The van der Waals surface area contributed by atoms with E-state index < -0.39 is 0 Å². The van der Waals surface area contributed by atoms with Gasteiger partial charge in [-0.05, 0) is 24.3 Å². The summed E-state index contributed by atoms with van der Waals surface area (Å²) >= 11 is 0. The van der Waals surface area contributed by atoms with Gasteiger partial charge in [-0.25, -0.2) is 4.98 Å². The van der Waals surface area contributed by atoms with Crippen molar-refractivity contribution in [3.05, 3.63) is 53.6 Å². The highest BCUT2D eigenvalue weighted by molar-refractivity contribution is 5.93. The predicted molar refractivity (Wildman–Crippen MR) is 113 cm³/mol. The molecule has 0 spiro atoms. The zero-order valence-electron chi connectivity index (χ0n) is 17.7. The van der Waals surface area contributed by atoms with Crippen molar-refractivity contribution in [2.75, 3.05) is 19.6 Å². The lowest BCUT2D eigenvalue weighted by Gasteiger charge is -2.31. The molecule has 3 heterocycles. The Morgan fingerprint density at radius 1 is 1.20 bits per heavy atom. The first-order valence-corrected chi connectivity index (χ1v) is 10.8. The summed E-state index contributed by atoms with van der Waals surface area (Å²) in [5, 5.41) is 3.01. The minimum Gasteiger partial charge on any atom is -0.365 e. The molecule has 2 amide bonds. The molecule has 1 saturated heterocycles. The highest BCUT2D eigenvalue weighted by Gasteiger charge is 2.32. The van der Waals surface area contributed by atoms with Gasteiger partial charge in [0.05, 0.1) is 25.2 Å². The minimum absolute atomic E-state index is 0.0151. The molecule has 0 radical (unpaired) electrons. The van der Waals surface area contributed by atoms with Crippen LogP contribution >= 0.6 is 0 Å². The van der Waals surface area contributed by atoms with Crippen LogP contribution in [0.5, 0.6) is 0 Å². The second-order valence-electron chi connectivity index (χ2n) is 8.61. The van der Waals surface area contributed by atoms with E-state index in [1.54, 1.807) is 6.33 Å². The third-order valence-electron chi connectivity index (χ3n) is 5.94. The van der Waals surface area contributed by atoms with Crippen LogP contribution in [0.2, 0.25) is 0 Å². The van der Waals surface area contributed by atoms with Crippen molar-refractivity contribution in [1.82, 2.24) is 19.8 Å². The molecule has 2 aliphatic rings. The molecule has 160 valence electrons. The molecule has 4 rings (SSSR count). The Morgan fingerprint density at radius 3 is 2.63 bits per heavy atom. The Balaban J connectivity index is 1.36. The van der Waals surface area contributed by atoms with Crippen LogP contribution in [0.25, 0.3) is 0 Å².